The van der Waals surface area contributed by atoms with Crippen molar-refractivity contribution in [2.45, 2.75) is 51.1 Å². The number of nitro groups is 1. The van der Waals surface area contributed by atoms with Crippen LogP contribution in [0.25, 0.3) is 11.2 Å². The van der Waals surface area contributed by atoms with Gasteiger partial charge in [-0.25, -0.2) is 4.98 Å². The lowest BCUT2D eigenvalue weighted by molar-refractivity contribution is -0.386. The number of hydrogen-bond acceptors (Lipinski definition) is 11. The second kappa shape index (κ2) is 11.4. The number of nitrogens with one attached hydrogen (secondary N) is 2. The fraction of sp³-hybridized carbons (Fsp3) is 0.435. The van der Waals surface area contributed by atoms with Crippen LogP contribution in [0.1, 0.15) is 32.6 Å². The monoisotopic (exact) mass is 546 g/mol. The molecule has 14 nitrogen and oxygen atoms in total. The quantitative estimate of drug-likeness (QED) is 0.262. The van der Waals surface area contributed by atoms with E-state index in [0.717, 1.165) is 11.8 Å². The highest BCUT2D eigenvalue weighted by Crippen LogP contribution is 2.40. The van der Waals surface area contributed by atoms with Crippen LogP contribution in [0.3, 0.4) is 0 Å². The Kier molecular flexibility index (Phi) is 8.20. The van der Waals surface area contributed by atoms with Crippen LogP contribution in [0, 0.1) is 16.0 Å². The number of thioether (sulfide) groups is 1. The SMILES string of the molecule is CC(=O)S[C@H]1[C@@H](OCc2ccccc2[N+](=O)[O-])[C@H](n2cnc3c(=O)[nH]c(NC(=O)C(C)C)nc32)O[C@@H]1CO. The summed E-state index contributed by atoms with van der Waals surface area (Å²) in [6.45, 7) is 4.10. The van der Waals surface area contributed by atoms with E-state index in [1.54, 1.807) is 26.0 Å². The van der Waals surface area contributed by atoms with E-state index in [4.69, 9.17) is 9.47 Å². The average molecular weight is 547 g/mol. The standard InChI is InChI=1S/C23H26N6O8S/c1-11(2)20(32)26-23-25-19-16(21(33)27-23)24-10-28(19)22-17(18(38-12(3)31)15(8-30)37-22)36-9-13-6-4-5-7-14(13)29(34)35/h4-7,10-11,15,17-18,22,30H,8-9H2,1-3H3,(H2,25,26,27,32,33)/t15-,17-,18-,22-/m1/s1. The molecule has 202 valence electrons. The predicted octanol–water partition coefficient (Wildman–Crippen LogP) is 1.75. The van der Waals surface area contributed by atoms with Crippen molar-refractivity contribution < 1.29 is 29.1 Å². The molecule has 0 spiro atoms. The summed E-state index contributed by atoms with van der Waals surface area (Å²) in [7, 11) is 0. The molecule has 4 rings (SSSR count). The van der Waals surface area contributed by atoms with Gasteiger partial charge >= 0.3 is 0 Å². The molecular weight excluding hydrogens is 520 g/mol. The summed E-state index contributed by atoms with van der Waals surface area (Å²) in [6, 6.07) is 6.08. The number of rotatable bonds is 9. The highest BCUT2D eigenvalue weighted by atomic mass is 32.2. The van der Waals surface area contributed by atoms with Crippen molar-refractivity contribution in [2.24, 2.45) is 5.92 Å². The molecule has 1 fully saturated rings. The molecule has 4 atom stereocenters. The molecular formula is C23H26N6O8S. The first-order valence-electron chi connectivity index (χ1n) is 11.7. The van der Waals surface area contributed by atoms with Gasteiger partial charge in [0.15, 0.2) is 22.5 Å². The van der Waals surface area contributed by atoms with Gasteiger partial charge in [-0.2, -0.15) is 4.98 Å². The fourth-order valence-electron chi connectivity index (χ4n) is 4.02. The Labute approximate surface area is 219 Å². The third-order valence-corrected chi connectivity index (χ3v) is 7.04. The molecule has 1 aliphatic rings. The van der Waals surface area contributed by atoms with Gasteiger partial charge in [0.25, 0.3) is 11.2 Å². The molecule has 0 bridgehead atoms. The topological polar surface area (TPSA) is 192 Å². The lowest BCUT2D eigenvalue weighted by Crippen LogP contribution is -2.34. The van der Waals surface area contributed by atoms with Gasteiger partial charge in [0.05, 0.1) is 41.4 Å². The van der Waals surface area contributed by atoms with Gasteiger partial charge in [-0.3, -0.25) is 39.4 Å². The summed E-state index contributed by atoms with van der Waals surface area (Å²) < 4.78 is 13.6. The van der Waals surface area contributed by atoms with Crippen LogP contribution >= 0.6 is 11.8 Å². The van der Waals surface area contributed by atoms with Crippen LogP contribution in [0.5, 0.6) is 0 Å². The molecule has 0 aliphatic carbocycles. The van der Waals surface area contributed by atoms with Gasteiger partial charge in [0, 0.05) is 18.9 Å². The first-order chi connectivity index (χ1) is 18.1. The number of ether oxygens (including phenoxy) is 2. The van der Waals surface area contributed by atoms with Crippen LogP contribution in [-0.4, -0.2) is 64.6 Å². The van der Waals surface area contributed by atoms with Crippen molar-refractivity contribution in [1.29, 1.82) is 0 Å². The molecule has 2 aromatic heterocycles. The average Bonchev–Trinajstić information content (AvgIpc) is 3.43. The number of nitro benzene ring substituents is 1. The van der Waals surface area contributed by atoms with Gasteiger partial charge in [0.1, 0.15) is 6.10 Å². The fourth-order valence-corrected chi connectivity index (χ4v) is 5.05. The van der Waals surface area contributed by atoms with Gasteiger partial charge in [0.2, 0.25) is 11.9 Å². The number of nitrogens with zero attached hydrogens (tertiary/aromatic N) is 4. The number of carbonyl (C=O) groups is 2. The van der Waals surface area contributed by atoms with E-state index in [0.29, 0.717) is 5.56 Å². The number of aromatic nitrogens is 4. The summed E-state index contributed by atoms with van der Waals surface area (Å²) in [5.41, 5.74) is -0.390. The zero-order chi connectivity index (χ0) is 27.6. The van der Waals surface area contributed by atoms with Gasteiger partial charge in [-0.05, 0) is 6.07 Å². The molecule has 15 heteroatoms. The molecule has 0 radical (unpaired) electrons. The van der Waals surface area contributed by atoms with E-state index in [1.165, 1.54) is 30.0 Å². The second-order valence-corrected chi connectivity index (χ2v) is 10.2. The van der Waals surface area contributed by atoms with E-state index < -0.39 is 40.8 Å². The zero-order valence-electron chi connectivity index (χ0n) is 20.7. The molecule has 1 amide bonds. The van der Waals surface area contributed by atoms with Gasteiger partial charge in [-0.15, -0.1) is 0 Å². The van der Waals surface area contributed by atoms with Crippen molar-refractivity contribution in [1.82, 2.24) is 19.5 Å². The van der Waals surface area contributed by atoms with Crippen LogP contribution in [0.4, 0.5) is 11.6 Å². The normalized spacial score (nSPS) is 21.2. The summed E-state index contributed by atoms with van der Waals surface area (Å²) in [5, 5.41) is 23.1. The van der Waals surface area contributed by atoms with Crippen molar-refractivity contribution in [3.05, 3.63) is 56.6 Å². The van der Waals surface area contributed by atoms with E-state index in [2.05, 4.69) is 20.3 Å². The molecule has 0 unspecified atom stereocenters. The molecule has 1 saturated heterocycles. The van der Waals surface area contributed by atoms with Crippen molar-refractivity contribution >= 4 is 45.6 Å². The number of para-hydroxylation sites is 1. The maximum Gasteiger partial charge on any atom is 0.280 e. The number of aliphatic hydroxyl groups excluding tert-OH is 1. The third kappa shape index (κ3) is 5.60. The Bertz CT molecular complexity index is 1420. The van der Waals surface area contributed by atoms with Crippen LogP contribution < -0.4 is 10.9 Å². The van der Waals surface area contributed by atoms with Crippen molar-refractivity contribution in [3.63, 3.8) is 0 Å². The maximum atomic E-state index is 12.7. The summed E-state index contributed by atoms with van der Waals surface area (Å²) >= 11 is 0.911. The molecule has 0 saturated carbocycles. The minimum absolute atomic E-state index is 0.0307. The number of amides is 1. The highest BCUT2D eigenvalue weighted by Gasteiger charge is 2.48. The highest BCUT2D eigenvalue weighted by molar-refractivity contribution is 8.14. The number of imidazole rings is 1. The smallest absolute Gasteiger partial charge is 0.280 e. The maximum absolute atomic E-state index is 12.7. The largest absolute Gasteiger partial charge is 0.394 e. The number of fused-ring (bicyclic) bond motifs is 1. The second-order valence-electron chi connectivity index (χ2n) is 8.87. The Morgan fingerprint density at radius 1 is 1.37 bits per heavy atom. The minimum Gasteiger partial charge on any atom is -0.394 e. The lowest BCUT2D eigenvalue weighted by Gasteiger charge is -2.24. The Hall–Kier alpha value is -3.66. The molecule has 3 aromatic rings. The van der Waals surface area contributed by atoms with Crippen LogP contribution in [0.2, 0.25) is 0 Å². The van der Waals surface area contributed by atoms with Crippen LogP contribution in [0.15, 0.2) is 35.4 Å². The Morgan fingerprint density at radius 2 is 2.11 bits per heavy atom. The molecule has 3 heterocycles. The first kappa shape index (κ1) is 27.4. The zero-order valence-corrected chi connectivity index (χ0v) is 21.5. The predicted molar refractivity (Wildman–Crippen MR) is 136 cm³/mol. The third-order valence-electron chi connectivity index (χ3n) is 5.86. The molecule has 1 aliphatic heterocycles. The Balaban J connectivity index is 1.74. The van der Waals surface area contributed by atoms with E-state index in [1.807, 2.05) is 0 Å². The number of carbonyl (C=O) groups excluding carboxylic acids is 2. The number of hydrogen-bond donors (Lipinski definition) is 3. The van der Waals surface area contributed by atoms with Gasteiger partial charge < -0.3 is 14.6 Å². The number of anilines is 1. The summed E-state index contributed by atoms with van der Waals surface area (Å²) in [6.07, 6.45) is -1.46. The van der Waals surface area contributed by atoms with E-state index in [-0.39, 0.29) is 46.3 Å². The van der Waals surface area contributed by atoms with E-state index >= 15 is 0 Å². The number of aliphatic hydroxyl groups is 1. The summed E-state index contributed by atoms with van der Waals surface area (Å²) in [5.74, 6) is -0.820. The molecule has 38 heavy (non-hydrogen) atoms. The number of benzene rings is 1. The minimum atomic E-state index is -1.01. The first-order valence-corrected chi connectivity index (χ1v) is 12.5. The van der Waals surface area contributed by atoms with Crippen molar-refractivity contribution in [3.8, 4) is 0 Å². The van der Waals surface area contributed by atoms with Crippen molar-refractivity contribution in [2.75, 3.05) is 11.9 Å². The van der Waals surface area contributed by atoms with E-state index in [9.17, 15) is 29.6 Å². The van der Waals surface area contributed by atoms with Crippen LogP contribution in [-0.2, 0) is 25.7 Å². The molecule has 3 N–H and O–H groups in total. The number of aromatic amines is 1. The lowest BCUT2D eigenvalue weighted by atomic mass is 10.1. The summed E-state index contributed by atoms with van der Waals surface area (Å²) in [4.78, 5) is 58.7. The number of H-pyrrole nitrogens is 1. The Morgan fingerprint density at radius 3 is 2.76 bits per heavy atom. The van der Waals surface area contributed by atoms with Gasteiger partial charge in [-0.1, -0.05) is 37.7 Å². The molecule has 1 aromatic carbocycles.